The van der Waals surface area contributed by atoms with E-state index in [0.717, 1.165) is 5.69 Å². The highest BCUT2D eigenvalue weighted by Crippen LogP contribution is 2.17. The SMILES string of the molecule is CC(C)(C)n1cnc(-c2ncccn2)c1. The van der Waals surface area contributed by atoms with Crippen molar-refractivity contribution in [2.75, 3.05) is 0 Å². The van der Waals surface area contributed by atoms with Gasteiger partial charge in [-0.25, -0.2) is 15.0 Å². The van der Waals surface area contributed by atoms with E-state index >= 15 is 0 Å². The van der Waals surface area contributed by atoms with E-state index in [0.29, 0.717) is 5.82 Å². The molecule has 0 saturated heterocycles. The molecule has 2 aromatic heterocycles. The molecule has 0 unspecified atom stereocenters. The van der Waals surface area contributed by atoms with E-state index < -0.39 is 0 Å². The predicted octanol–water partition coefficient (Wildman–Crippen LogP) is 2.10. The Bertz CT molecular complexity index is 439. The minimum Gasteiger partial charge on any atom is -0.331 e. The van der Waals surface area contributed by atoms with Gasteiger partial charge in [-0.1, -0.05) is 0 Å². The molecule has 0 saturated carbocycles. The normalized spacial score (nSPS) is 11.7. The topological polar surface area (TPSA) is 43.6 Å². The molecule has 2 aromatic rings. The minimum atomic E-state index is 0.0417. The van der Waals surface area contributed by atoms with Crippen molar-refractivity contribution in [2.24, 2.45) is 0 Å². The summed E-state index contributed by atoms with van der Waals surface area (Å²) in [5, 5.41) is 0. The molecule has 0 fully saturated rings. The van der Waals surface area contributed by atoms with Crippen LogP contribution in [0.4, 0.5) is 0 Å². The fraction of sp³-hybridized carbons (Fsp3) is 0.364. The van der Waals surface area contributed by atoms with Crippen LogP contribution in [0.2, 0.25) is 0 Å². The lowest BCUT2D eigenvalue weighted by Crippen LogP contribution is -2.19. The van der Waals surface area contributed by atoms with Crippen molar-refractivity contribution < 1.29 is 0 Å². The highest BCUT2D eigenvalue weighted by atomic mass is 15.1. The number of imidazole rings is 1. The molecule has 0 N–H and O–H groups in total. The van der Waals surface area contributed by atoms with Gasteiger partial charge in [0.05, 0.1) is 6.33 Å². The van der Waals surface area contributed by atoms with Gasteiger partial charge in [0.15, 0.2) is 5.82 Å². The van der Waals surface area contributed by atoms with Gasteiger partial charge in [-0.2, -0.15) is 0 Å². The fourth-order valence-electron chi connectivity index (χ4n) is 1.24. The summed E-state index contributed by atoms with van der Waals surface area (Å²) >= 11 is 0. The van der Waals surface area contributed by atoms with E-state index in [9.17, 15) is 0 Å². The molecule has 4 heteroatoms. The number of hydrogen-bond donors (Lipinski definition) is 0. The molecule has 15 heavy (non-hydrogen) atoms. The zero-order valence-electron chi connectivity index (χ0n) is 9.18. The molecule has 4 nitrogen and oxygen atoms in total. The molecular weight excluding hydrogens is 188 g/mol. The van der Waals surface area contributed by atoms with Gasteiger partial charge >= 0.3 is 0 Å². The van der Waals surface area contributed by atoms with Crippen molar-refractivity contribution in [1.82, 2.24) is 19.5 Å². The van der Waals surface area contributed by atoms with Gasteiger partial charge < -0.3 is 4.57 Å². The van der Waals surface area contributed by atoms with Crippen LogP contribution < -0.4 is 0 Å². The first kappa shape index (κ1) is 9.83. The van der Waals surface area contributed by atoms with Crippen LogP contribution in [-0.2, 0) is 5.54 Å². The standard InChI is InChI=1S/C11H14N4/c1-11(2,3)15-7-9(14-8-15)10-12-5-4-6-13-10/h4-8H,1-3H3. The first-order valence-electron chi connectivity index (χ1n) is 4.89. The number of aromatic nitrogens is 4. The predicted molar refractivity (Wildman–Crippen MR) is 58.2 cm³/mol. The Kier molecular flexibility index (Phi) is 2.26. The molecule has 78 valence electrons. The summed E-state index contributed by atoms with van der Waals surface area (Å²) in [4.78, 5) is 12.6. The van der Waals surface area contributed by atoms with Crippen LogP contribution in [0.25, 0.3) is 11.5 Å². The maximum absolute atomic E-state index is 4.29. The molecule has 0 aliphatic carbocycles. The van der Waals surface area contributed by atoms with E-state index in [-0.39, 0.29) is 5.54 Å². The quantitative estimate of drug-likeness (QED) is 0.711. The van der Waals surface area contributed by atoms with Crippen molar-refractivity contribution in [3.05, 3.63) is 31.0 Å². The summed E-state index contributed by atoms with van der Waals surface area (Å²) < 4.78 is 2.05. The Morgan fingerprint density at radius 3 is 2.27 bits per heavy atom. The third-order valence-electron chi connectivity index (χ3n) is 2.15. The van der Waals surface area contributed by atoms with Crippen LogP contribution in [0, 0.1) is 0 Å². The molecule has 0 atom stereocenters. The van der Waals surface area contributed by atoms with Crippen molar-refractivity contribution in [1.29, 1.82) is 0 Å². The Morgan fingerprint density at radius 2 is 1.73 bits per heavy atom. The van der Waals surface area contributed by atoms with Crippen LogP contribution in [0.15, 0.2) is 31.0 Å². The summed E-state index contributed by atoms with van der Waals surface area (Å²) in [7, 11) is 0. The van der Waals surface area contributed by atoms with Gasteiger partial charge in [0, 0.05) is 24.1 Å². The van der Waals surface area contributed by atoms with E-state index in [1.165, 1.54) is 0 Å². The summed E-state index contributed by atoms with van der Waals surface area (Å²) in [5.74, 6) is 0.667. The Labute approximate surface area is 89.0 Å². The molecule has 0 aliphatic heterocycles. The molecule has 2 rings (SSSR count). The zero-order valence-corrected chi connectivity index (χ0v) is 9.18. The Balaban J connectivity index is 2.37. The van der Waals surface area contributed by atoms with Crippen LogP contribution in [-0.4, -0.2) is 19.5 Å². The third kappa shape index (κ3) is 2.03. The first-order chi connectivity index (χ1) is 7.07. The van der Waals surface area contributed by atoms with E-state index in [2.05, 4.69) is 40.3 Å². The van der Waals surface area contributed by atoms with Crippen molar-refractivity contribution >= 4 is 0 Å². The number of rotatable bonds is 1. The fourth-order valence-corrected chi connectivity index (χ4v) is 1.24. The average molecular weight is 202 g/mol. The maximum Gasteiger partial charge on any atom is 0.179 e. The monoisotopic (exact) mass is 202 g/mol. The van der Waals surface area contributed by atoms with E-state index in [4.69, 9.17) is 0 Å². The van der Waals surface area contributed by atoms with Crippen molar-refractivity contribution in [2.45, 2.75) is 26.3 Å². The van der Waals surface area contributed by atoms with Crippen LogP contribution in [0.3, 0.4) is 0 Å². The summed E-state index contributed by atoms with van der Waals surface area (Å²) in [5.41, 5.74) is 0.852. The van der Waals surface area contributed by atoms with Crippen LogP contribution in [0.5, 0.6) is 0 Å². The first-order valence-corrected chi connectivity index (χ1v) is 4.89. The second kappa shape index (κ2) is 3.46. The van der Waals surface area contributed by atoms with Crippen molar-refractivity contribution in [3.63, 3.8) is 0 Å². The highest BCUT2D eigenvalue weighted by Gasteiger charge is 2.14. The van der Waals surface area contributed by atoms with Gasteiger partial charge in [0.1, 0.15) is 5.69 Å². The lowest BCUT2D eigenvalue weighted by molar-refractivity contribution is 0.396. The summed E-state index contributed by atoms with van der Waals surface area (Å²) in [6.45, 7) is 6.39. The number of nitrogens with zero attached hydrogens (tertiary/aromatic N) is 4. The number of hydrogen-bond acceptors (Lipinski definition) is 3. The molecule has 0 spiro atoms. The van der Waals surface area contributed by atoms with Crippen molar-refractivity contribution in [3.8, 4) is 11.5 Å². The van der Waals surface area contributed by atoms with Gasteiger partial charge in [-0.3, -0.25) is 0 Å². The second-order valence-electron chi connectivity index (χ2n) is 4.41. The van der Waals surface area contributed by atoms with E-state index in [1.54, 1.807) is 18.5 Å². The average Bonchev–Trinajstić information content (AvgIpc) is 2.67. The smallest absolute Gasteiger partial charge is 0.179 e. The lowest BCUT2D eigenvalue weighted by Gasteiger charge is -2.19. The molecule has 0 aromatic carbocycles. The van der Waals surface area contributed by atoms with Crippen LogP contribution >= 0.6 is 0 Å². The van der Waals surface area contributed by atoms with Gasteiger partial charge in [-0.15, -0.1) is 0 Å². The molecule has 2 heterocycles. The second-order valence-corrected chi connectivity index (χ2v) is 4.41. The van der Waals surface area contributed by atoms with Gasteiger partial charge in [0.25, 0.3) is 0 Å². The molecule has 0 amide bonds. The lowest BCUT2D eigenvalue weighted by atomic mass is 10.1. The van der Waals surface area contributed by atoms with Gasteiger partial charge in [-0.05, 0) is 26.8 Å². The summed E-state index contributed by atoms with van der Waals surface area (Å²) in [6.07, 6.45) is 7.22. The third-order valence-corrected chi connectivity index (χ3v) is 2.15. The van der Waals surface area contributed by atoms with Gasteiger partial charge in [0.2, 0.25) is 0 Å². The minimum absolute atomic E-state index is 0.0417. The zero-order chi connectivity index (χ0) is 10.9. The highest BCUT2D eigenvalue weighted by molar-refractivity contribution is 5.46. The molecule has 0 aliphatic rings. The molecule has 0 bridgehead atoms. The van der Waals surface area contributed by atoms with Crippen LogP contribution in [0.1, 0.15) is 20.8 Å². The van der Waals surface area contributed by atoms with E-state index in [1.807, 2.05) is 12.5 Å². The molecular formula is C11H14N4. The largest absolute Gasteiger partial charge is 0.331 e. The Hall–Kier alpha value is -1.71. The maximum atomic E-state index is 4.29. The summed E-state index contributed by atoms with van der Waals surface area (Å²) in [6, 6.07) is 1.80. The molecule has 0 radical (unpaired) electrons. The Morgan fingerprint density at radius 1 is 1.07 bits per heavy atom.